The number of pyridine rings is 1. The van der Waals surface area contributed by atoms with Crippen molar-refractivity contribution < 1.29 is 8.78 Å². The predicted octanol–water partition coefficient (Wildman–Crippen LogP) is 4.14. The summed E-state index contributed by atoms with van der Waals surface area (Å²) in [5.41, 5.74) is 9.10. The molecule has 0 saturated heterocycles. The van der Waals surface area contributed by atoms with Crippen LogP contribution in [0, 0.1) is 23.0 Å². The summed E-state index contributed by atoms with van der Waals surface area (Å²) in [5.74, 6) is -1.68. The Bertz CT molecular complexity index is 794. The number of nitrogens with two attached hydrogens (primary N) is 1. The van der Waals surface area contributed by atoms with E-state index in [4.69, 9.17) is 5.73 Å². The van der Waals surface area contributed by atoms with E-state index in [2.05, 4.69) is 11.1 Å². The first kappa shape index (κ1) is 15.4. The summed E-state index contributed by atoms with van der Waals surface area (Å²) in [6.45, 7) is 0. The Balaban J connectivity index is 2.27. The van der Waals surface area contributed by atoms with Gasteiger partial charge in [-0.1, -0.05) is 18.9 Å². The number of aromatic nitrogens is 1. The number of hydrogen-bond donors (Lipinski definition) is 1. The predicted molar refractivity (Wildman–Crippen MR) is 84.6 cm³/mol. The Labute approximate surface area is 133 Å². The van der Waals surface area contributed by atoms with E-state index < -0.39 is 11.6 Å². The molecule has 0 aliphatic heterocycles. The summed E-state index contributed by atoms with van der Waals surface area (Å²) in [4.78, 5) is 4.40. The first-order valence-corrected chi connectivity index (χ1v) is 7.78. The zero-order valence-electron chi connectivity index (χ0n) is 12.7. The molecular weight excluding hydrogens is 296 g/mol. The van der Waals surface area contributed by atoms with Gasteiger partial charge in [-0.3, -0.25) is 0 Å². The monoisotopic (exact) mass is 313 g/mol. The van der Waals surface area contributed by atoms with Crippen molar-refractivity contribution >= 4 is 5.82 Å². The smallest absolute Gasteiger partial charge is 0.159 e. The highest BCUT2D eigenvalue weighted by Crippen LogP contribution is 2.35. The molecule has 1 heterocycles. The molecule has 2 aromatic rings. The van der Waals surface area contributed by atoms with Crippen LogP contribution < -0.4 is 5.73 Å². The molecule has 1 aliphatic carbocycles. The number of benzene rings is 1. The molecule has 0 bridgehead atoms. The van der Waals surface area contributed by atoms with Gasteiger partial charge in [0.05, 0.1) is 0 Å². The maximum Gasteiger partial charge on any atom is 0.159 e. The average Bonchev–Trinajstić information content (AvgIpc) is 2.51. The fraction of sp³-hybridized carbons (Fsp3) is 0.333. The van der Waals surface area contributed by atoms with Crippen LogP contribution >= 0.6 is 0 Å². The SMILES string of the molecule is N#Cc1c(N)nc2c(c1-c1ccc(F)c(F)c1)CCCCCC2. The molecule has 1 aromatic carbocycles. The number of halogens is 2. The van der Waals surface area contributed by atoms with Crippen molar-refractivity contribution in [1.82, 2.24) is 4.98 Å². The van der Waals surface area contributed by atoms with Crippen LogP contribution in [0.15, 0.2) is 18.2 Å². The lowest BCUT2D eigenvalue weighted by atomic mass is 9.88. The fourth-order valence-corrected chi connectivity index (χ4v) is 3.20. The minimum atomic E-state index is -0.929. The van der Waals surface area contributed by atoms with E-state index in [-0.39, 0.29) is 11.4 Å². The Kier molecular flexibility index (Phi) is 4.24. The number of fused-ring (bicyclic) bond motifs is 1. The highest BCUT2D eigenvalue weighted by Gasteiger charge is 2.21. The van der Waals surface area contributed by atoms with Crippen LogP contribution in [0.1, 0.15) is 42.5 Å². The molecule has 0 fully saturated rings. The summed E-state index contributed by atoms with van der Waals surface area (Å²) in [6, 6.07) is 5.78. The number of hydrogen-bond acceptors (Lipinski definition) is 3. The van der Waals surface area contributed by atoms with E-state index in [1.54, 1.807) is 0 Å². The standard InChI is InChI=1S/C18H17F2N3/c19-14-8-7-11(9-15(14)20)17-12-5-3-1-2-4-6-16(12)23-18(22)13(17)10-21/h7-9H,1-6H2,(H2,22,23). The van der Waals surface area contributed by atoms with Crippen LogP contribution in [0.4, 0.5) is 14.6 Å². The molecule has 3 nitrogen and oxygen atoms in total. The average molecular weight is 313 g/mol. The summed E-state index contributed by atoms with van der Waals surface area (Å²) in [5, 5.41) is 9.47. The molecule has 0 amide bonds. The van der Waals surface area contributed by atoms with E-state index in [0.29, 0.717) is 11.1 Å². The Hall–Kier alpha value is -2.48. The van der Waals surface area contributed by atoms with Crippen LogP contribution in [-0.2, 0) is 12.8 Å². The largest absolute Gasteiger partial charge is 0.383 e. The molecule has 0 saturated carbocycles. The van der Waals surface area contributed by atoms with Gasteiger partial charge < -0.3 is 5.73 Å². The van der Waals surface area contributed by atoms with Gasteiger partial charge in [0.1, 0.15) is 17.5 Å². The molecule has 0 unspecified atom stereocenters. The minimum absolute atomic E-state index is 0.159. The van der Waals surface area contributed by atoms with E-state index in [1.807, 2.05) is 0 Å². The second-order valence-corrected chi connectivity index (χ2v) is 5.83. The van der Waals surface area contributed by atoms with Crippen molar-refractivity contribution in [2.75, 3.05) is 5.73 Å². The number of anilines is 1. The number of rotatable bonds is 1. The van der Waals surface area contributed by atoms with Gasteiger partial charge in [-0.25, -0.2) is 13.8 Å². The topological polar surface area (TPSA) is 62.7 Å². The molecule has 3 rings (SSSR count). The van der Waals surface area contributed by atoms with Gasteiger partial charge in [0.25, 0.3) is 0 Å². The second kappa shape index (κ2) is 6.33. The molecule has 23 heavy (non-hydrogen) atoms. The number of nitrogen functional groups attached to an aromatic ring is 1. The first-order chi connectivity index (χ1) is 11.1. The highest BCUT2D eigenvalue weighted by molar-refractivity contribution is 5.79. The van der Waals surface area contributed by atoms with Crippen molar-refractivity contribution in [1.29, 1.82) is 5.26 Å². The van der Waals surface area contributed by atoms with E-state index in [9.17, 15) is 14.0 Å². The Morgan fingerprint density at radius 2 is 1.78 bits per heavy atom. The van der Waals surface area contributed by atoms with Crippen molar-refractivity contribution in [3.05, 3.63) is 46.7 Å². The van der Waals surface area contributed by atoms with Crippen LogP contribution in [-0.4, -0.2) is 4.98 Å². The van der Waals surface area contributed by atoms with Crippen LogP contribution in [0.5, 0.6) is 0 Å². The lowest BCUT2D eigenvalue weighted by Gasteiger charge is -2.19. The van der Waals surface area contributed by atoms with E-state index >= 15 is 0 Å². The van der Waals surface area contributed by atoms with Gasteiger partial charge in [0, 0.05) is 11.3 Å². The summed E-state index contributed by atoms with van der Waals surface area (Å²) in [6.07, 6.45) is 5.82. The van der Waals surface area contributed by atoms with Gasteiger partial charge in [-0.2, -0.15) is 5.26 Å². The van der Waals surface area contributed by atoms with Crippen molar-refractivity contribution in [3.8, 4) is 17.2 Å². The molecule has 2 N–H and O–H groups in total. The molecular formula is C18H17F2N3. The zero-order chi connectivity index (χ0) is 16.4. The van der Waals surface area contributed by atoms with Gasteiger partial charge in [-0.15, -0.1) is 0 Å². The molecule has 0 spiro atoms. The highest BCUT2D eigenvalue weighted by atomic mass is 19.2. The quantitative estimate of drug-likeness (QED) is 0.860. The van der Waals surface area contributed by atoms with Gasteiger partial charge >= 0.3 is 0 Å². The molecule has 1 aromatic heterocycles. The van der Waals surface area contributed by atoms with Crippen LogP contribution in [0.25, 0.3) is 11.1 Å². The Morgan fingerprint density at radius 1 is 1.04 bits per heavy atom. The van der Waals surface area contributed by atoms with E-state index in [0.717, 1.165) is 61.9 Å². The maximum absolute atomic E-state index is 13.7. The third-order valence-corrected chi connectivity index (χ3v) is 4.32. The fourth-order valence-electron chi connectivity index (χ4n) is 3.20. The first-order valence-electron chi connectivity index (χ1n) is 7.78. The Morgan fingerprint density at radius 3 is 2.48 bits per heavy atom. The summed E-state index contributed by atoms with van der Waals surface area (Å²) < 4.78 is 26.9. The maximum atomic E-state index is 13.7. The van der Waals surface area contributed by atoms with Crippen molar-refractivity contribution in [2.24, 2.45) is 0 Å². The molecule has 118 valence electrons. The van der Waals surface area contributed by atoms with Gasteiger partial charge in [0.2, 0.25) is 0 Å². The minimum Gasteiger partial charge on any atom is -0.383 e. The third-order valence-electron chi connectivity index (χ3n) is 4.32. The lowest BCUT2D eigenvalue weighted by Crippen LogP contribution is -2.10. The summed E-state index contributed by atoms with van der Waals surface area (Å²) in [7, 11) is 0. The molecule has 5 heteroatoms. The lowest BCUT2D eigenvalue weighted by molar-refractivity contribution is 0.509. The number of nitriles is 1. The van der Waals surface area contributed by atoms with Gasteiger partial charge in [-0.05, 0) is 48.9 Å². The number of aryl methyl sites for hydroxylation is 1. The molecule has 1 aliphatic rings. The normalized spacial score (nSPS) is 14.5. The van der Waals surface area contributed by atoms with Crippen molar-refractivity contribution in [2.45, 2.75) is 38.5 Å². The zero-order valence-corrected chi connectivity index (χ0v) is 12.7. The molecule has 0 radical (unpaired) electrons. The van der Waals surface area contributed by atoms with Crippen molar-refractivity contribution in [3.63, 3.8) is 0 Å². The van der Waals surface area contributed by atoms with Crippen LogP contribution in [0.3, 0.4) is 0 Å². The number of nitrogens with zero attached hydrogens (tertiary/aromatic N) is 2. The third kappa shape index (κ3) is 2.89. The summed E-state index contributed by atoms with van der Waals surface area (Å²) >= 11 is 0. The molecule has 0 atom stereocenters. The van der Waals surface area contributed by atoms with E-state index in [1.165, 1.54) is 6.07 Å². The van der Waals surface area contributed by atoms with Gasteiger partial charge in [0.15, 0.2) is 11.6 Å². The second-order valence-electron chi connectivity index (χ2n) is 5.83. The van der Waals surface area contributed by atoms with Crippen LogP contribution in [0.2, 0.25) is 0 Å².